The second kappa shape index (κ2) is 5.92. The second-order valence-electron chi connectivity index (χ2n) is 5.31. The molecule has 3 nitrogen and oxygen atoms in total. The van der Waals surface area contributed by atoms with E-state index in [0.717, 1.165) is 29.2 Å². The molecule has 2 aromatic rings. The molecule has 1 heterocycles. The Balaban J connectivity index is 1.62. The maximum Gasteiger partial charge on any atom is 0.135 e. The summed E-state index contributed by atoms with van der Waals surface area (Å²) in [6, 6.07) is 10.5. The van der Waals surface area contributed by atoms with Crippen LogP contribution < -0.4 is 5.32 Å². The molecule has 3 rings (SSSR count). The molecular formula is C16H18BrN3. The number of anilines is 1. The Kier molecular flexibility index (Phi) is 4.01. The molecule has 0 unspecified atom stereocenters. The Hall–Kier alpha value is -1.42. The lowest BCUT2D eigenvalue weighted by molar-refractivity contribution is 0.904. The first-order valence-electron chi connectivity index (χ1n) is 7.05. The summed E-state index contributed by atoms with van der Waals surface area (Å²) in [6.45, 7) is 3.04. The van der Waals surface area contributed by atoms with Crippen molar-refractivity contribution >= 4 is 21.7 Å². The van der Waals surface area contributed by atoms with Crippen LogP contribution in [0.1, 0.15) is 35.7 Å². The van der Waals surface area contributed by atoms with E-state index in [2.05, 4.69) is 62.4 Å². The number of benzene rings is 1. The van der Waals surface area contributed by atoms with Gasteiger partial charge in [0.2, 0.25) is 0 Å². The smallest absolute Gasteiger partial charge is 0.135 e. The third-order valence-electron chi connectivity index (χ3n) is 3.62. The highest BCUT2D eigenvalue weighted by atomic mass is 79.9. The van der Waals surface area contributed by atoms with E-state index >= 15 is 0 Å². The van der Waals surface area contributed by atoms with Gasteiger partial charge < -0.3 is 5.32 Å². The standard InChI is InChI=1S/C16H18BrN3/c1-11-4-2-3-5-12(11)8-9-18-15-10-14(17)19-16(20-15)13-6-7-13/h2-5,10,13H,6-9H2,1H3,(H,18,19,20). The van der Waals surface area contributed by atoms with Crippen LogP contribution in [-0.4, -0.2) is 16.5 Å². The van der Waals surface area contributed by atoms with Crippen molar-refractivity contribution < 1.29 is 0 Å². The molecule has 0 radical (unpaired) electrons. The zero-order valence-corrected chi connectivity index (χ0v) is 13.2. The average Bonchev–Trinajstić information content (AvgIpc) is 3.25. The maximum atomic E-state index is 4.60. The molecular weight excluding hydrogens is 314 g/mol. The minimum Gasteiger partial charge on any atom is -0.370 e. The predicted molar refractivity (Wildman–Crippen MR) is 85.1 cm³/mol. The highest BCUT2D eigenvalue weighted by Gasteiger charge is 2.27. The number of hydrogen-bond donors (Lipinski definition) is 1. The summed E-state index contributed by atoms with van der Waals surface area (Å²) in [7, 11) is 0. The van der Waals surface area contributed by atoms with Crippen LogP contribution in [0, 0.1) is 6.92 Å². The van der Waals surface area contributed by atoms with E-state index in [0.29, 0.717) is 5.92 Å². The lowest BCUT2D eigenvalue weighted by atomic mass is 10.1. The predicted octanol–water partition coefficient (Wildman–Crippen LogP) is 4.08. The molecule has 1 fully saturated rings. The number of hydrogen-bond acceptors (Lipinski definition) is 3. The topological polar surface area (TPSA) is 37.8 Å². The fourth-order valence-electron chi connectivity index (χ4n) is 2.27. The van der Waals surface area contributed by atoms with Crippen LogP contribution in [0.4, 0.5) is 5.82 Å². The first kappa shape index (κ1) is 13.6. The van der Waals surface area contributed by atoms with Gasteiger partial charge in [0.15, 0.2) is 0 Å². The molecule has 20 heavy (non-hydrogen) atoms. The van der Waals surface area contributed by atoms with E-state index < -0.39 is 0 Å². The zero-order chi connectivity index (χ0) is 13.9. The van der Waals surface area contributed by atoms with Gasteiger partial charge in [0.05, 0.1) is 0 Å². The van der Waals surface area contributed by atoms with Crippen molar-refractivity contribution in [2.45, 2.75) is 32.1 Å². The Bertz CT molecular complexity index is 608. The largest absolute Gasteiger partial charge is 0.370 e. The van der Waals surface area contributed by atoms with Gasteiger partial charge in [-0.25, -0.2) is 9.97 Å². The maximum absolute atomic E-state index is 4.60. The first-order valence-corrected chi connectivity index (χ1v) is 7.84. The fourth-order valence-corrected chi connectivity index (χ4v) is 2.66. The summed E-state index contributed by atoms with van der Waals surface area (Å²) in [5, 5.41) is 3.40. The molecule has 104 valence electrons. The Morgan fingerprint density at radius 2 is 2.05 bits per heavy atom. The number of nitrogens with zero attached hydrogens (tertiary/aromatic N) is 2. The summed E-state index contributed by atoms with van der Waals surface area (Å²) in [5.41, 5.74) is 2.73. The highest BCUT2D eigenvalue weighted by molar-refractivity contribution is 9.10. The van der Waals surface area contributed by atoms with Gasteiger partial charge in [-0.05, 0) is 53.2 Å². The molecule has 0 bridgehead atoms. The molecule has 0 aliphatic heterocycles. The summed E-state index contributed by atoms with van der Waals surface area (Å²) >= 11 is 3.47. The molecule has 1 saturated carbocycles. The van der Waals surface area contributed by atoms with Crippen molar-refractivity contribution in [2.24, 2.45) is 0 Å². The van der Waals surface area contributed by atoms with Crippen molar-refractivity contribution in [3.63, 3.8) is 0 Å². The van der Waals surface area contributed by atoms with Crippen LogP contribution >= 0.6 is 15.9 Å². The third kappa shape index (κ3) is 3.37. The number of rotatable bonds is 5. The van der Waals surface area contributed by atoms with Crippen molar-refractivity contribution in [3.05, 3.63) is 51.9 Å². The van der Waals surface area contributed by atoms with Gasteiger partial charge in [-0.1, -0.05) is 24.3 Å². The van der Waals surface area contributed by atoms with Crippen molar-refractivity contribution in [3.8, 4) is 0 Å². The Morgan fingerprint density at radius 1 is 1.25 bits per heavy atom. The molecule has 0 amide bonds. The Morgan fingerprint density at radius 3 is 2.80 bits per heavy atom. The molecule has 4 heteroatoms. The SMILES string of the molecule is Cc1ccccc1CCNc1cc(Br)nc(C2CC2)n1. The van der Waals surface area contributed by atoms with Crippen molar-refractivity contribution in [1.82, 2.24) is 9.97 Å². The number of aromatic nitrogens is 2. The molecule has 0 spiro atoms. The molecule has 1 aromatic heterocycles. The van der Waals surface area contributed by atoms with Crippen molar-refractivity contribution in [1.29, 1.82) is 0 Å². The van der Waals surface area contributed by atoms with Gasteiger partial charge in [0.1, 0.15) is 16.2 Å². The fraction of sp³-hybridized carbons (Fsp3) is 0.375. The van der Waals surface area contributed by atoms with Crippen molar-refractivity contribution in [2.75, 3.05) is 11.9 Å². The van der Waals surface area contributed by atoms with Crippen LogP contribution in [-0.2, 0) is 6.42 Å². The van der Waals surface area contributed by atoms with Gasteiger partial charge >= 0.3 is 0 Å². The zero-order valence-electron chi connectivity index (χ0n) is 11.6. The minimum absolute atomic E-state index is 0.574. The quantitative estimate of drug-likeness (QED) is 0.839. The van der Waals surface area contributed by atoms with Crippen LogP contribution in [0.15, 0.2) is 34.9 Å². The van der Waals surface area contributed by atoms with Gasteiger partial charge in [-0.2, -0.15) is 0 Å². The van der Waals surface area contributed by atoms with Crippen LogP contribution in [0.3, 0.4) is 0 Å². The minimum atomic E-state index is 0.574. The van der Waals surface area contributed by atoms with E-state index in [1.165, 1.54) is 24.0 Å². The molecule has 1 aromatic carbocycles. The van der Waals surface area contributed by atoms with Gasteiger partial charge in [-0.3, -0.25) is 0 Å². The average molecular weight is 332 g/mol. The summed E-state index contributed by atoms with van der Waals surface area (Å²) in [5.74, 6) is 2.46. The van der Waals surface area contributed by atoms with Gasteiger partial charge in [0, 0.05) is 18.5 Å². The monoisotopic (exact) mass is 331 g/mol. The summed E-state index contributed by atoms with van der Waals surface area (Å²) in [6.07, 6.45) is 3.45. The normalized spacial score (nSPS) is 14.3. The van der Waals surface area contributed by atoms with Crippen LogP contribution in [0.5, 0.6) is 0 Å². The van der Waals surface area contributed by atoms with E-state index in [9.17, 15) is 0 Å². The lowest BCUT2D eigenvalue weighted by Crippen LogP contribution is -2.08. The first-order chi connectivity index (χ1) is 9.72. The lowest BCUT2D eigenvalue weighted by Gasteiger charge is -2.09. The number of aryl methyl sites for hydroxylation is 1. The van der Waals surface area contributed by atoms with Crippen LogP contribution in [0.2, 0.25) is 0 Å². The van der Waals surface area contributed by atoms with Crippen LogP contribution in [0.25, 0.3) is 0 Å². The van der Waals surface area contributed by atoms with E-state index in [-0.39, 0.29) is 0 Å². The summed E-state index contributed by atoms with van der Waals surface area (Å²) in [4.78, 5) is 9.04. The third-order valence-corrected chi connectivity index (χ3v) is 4.02. The van der Waals surface area contributed by atoms with Gasteiger partial charge in [-0.15, -0.1) is 0 Å². The molecule has 1 aliphatic rings. The molecule has 1 aliphatic carbocycles. The molecule has 1 N–H and O–H groups in total. The number of nitrogens with one attached hydrogen (secondary N) is 1. The second-order valence-corrected chi connectivity index (χ2v) is 6.12. The van der Waals surface area contributed by atoms with E-state index in [1.54, 1.807) is 0 Å². The van der Waals surface area contributed by atoms with E-state index in [4.69, 9.17) is 0 Å². The number of halogens is 1. The summed E-state index contributed by atoms with van der Waals surface area (Å²) < 4.78 is 0.868. The molecule has 0 atom stereocenters. The Labute approximate surface area is 128 Å². The van der Waals surface area contributed by atoms with E-state index in [1.807, 2.05) is 6.07 Å². The van der Waals surface area contributed by atoms with Gasteiger partial charge in [0.25, 0.3) is 0 Å². The highest BCUT2D eigenvalue weighted by Crippen LogP contribution is 2.38. The molecule has 0 saturated heterocycles.